The van der Waals surface area contributed by atoms with Gasteiger partial charge in [-0.25, -0.2) is 8.42 Å². The van der Waals surface area contributed by atoms with Gasteiger partial charge in [0.25, 0.3) is 9.05 Å². The lowest BCUT2D eigenvalue weighted by atomic mass is 10.1. The fourth-order valence-corrected chi connectivity index (χ4v) is 2.95. The molecule has 80 valence electrons. The summed E-state index contributed by atoms with van der Waals surface area (Å²) in [7, 11) is 1.34. The summed E-state index contributed by atoms with van der Waals surface area (Å²) < 4.78 is 22.5. The standard InChI is InChI=1S/C9H7Cl2NO2S/c1-2-6-3-8(10)4-7(5-12)9(6)15(11,13)14/h3-4H,2H2,1H3. The molecule has 0 atom stereocenters. The topological polar surface area (TPSA) is 57.9 Å². The Balaban J connectivity index is 3.69. The van der Waals surface area contributed by atoms with Crippen LogP contribution in [0, 0.1) is 11.3 Å². The Labute approximate surface area is 97.7 Å². The Kier molecular flexibility index (Phi) is 3.61. The molecule has 1 rings (SSSR count). The second-order valence-electron chi connectivity index (χ2n) is 2.84. The average molecular weight is 264 g/mol. The predicted octanol–water partition coefficient (Wildman–Crippen LogP) is 2.70. The Morgan fingerprint density at radius 2 is 2.07 bits per heavy atom. The molecule has 0 amide bonds. The smallest absolute Gasteiger partial charge is 0.207 e. The van der Waals surface area contributed by atoms with Crippen LogP contribution in [0.4, 0.5) is 0 Å². The number of benzene rings is 1. The van der Waals surface area contributed by atoms with E-state index in [0.29, 0.717) is 17.0 Å². The lowest BCUT2D eigenvalue weighted by molar-refractivity contribution is 0.608. The van der Waals surface area contributed by atoms with Crippen LogP contribution in [-0.2, 0) is 15.5 Å². The van der Waals surface area contributed by atoms with E-state index in [-0.39, 0.29) is 10.5 Å². The number of rotatable bonds is 2. The van der Waals surface area contributed by atoms with E-state index in [0.717, 1.165) is 0 Å². The zero-order chi connectivity index (χ0) is 11.6. The second kappa shape index (κ2) is 4.40. The maximum Gasteiger partial charge on any atom is 0.262 e. The van der Waals surface area contributed by atoms with E-state index in [1.165, 1.54) is 12.1 Å². The molecule has 0 saturated carbocycles. The first-order chi connectivity index (χ1) is 6.90. The molecule has 0 bridgehead atoms. The highest BCUT2D eigenvalue weighted by molar-refractivity contribution is 8.13. The van der Waals surface area contributed by atoms with Gasteiger partial charge in [0, 0.05) is 15.7 Å². The average Bonchev–Trinajstić information content (AvgIpc) is 2.14. The maximum absolute atomic E-state index is 11.3. The predicted molar refractivity (Wildman–Crippen MR) is 58.6 cm³/mol. The number of hydrogen-bond donors (Lipinski definition) is 0. The van der Waals surface area contributed by atoms with Crippen molar-refractivity contribution in [3.8, 4) is 6.07 Å². The van der Waals surface area contributed by atoms with Gasteiger partial charge in [-0.2, -0.15) is 5.26 Å². The van der Waals surface area contributed by atoms with Crippen molar-refractivity contribution in [2.75, 3.05) is 0 Å². The minimum Gasteiger partial charge on any atom is -0.207 e. The molecular formula is C9H7Cl2NO2S. The Morgan fingerprint density at radius 1 is 1.47 bits per heavy atom. The van der Waals surface area contributed by atoms with Gasteiger partial charge in [-0.1, -0.05) is 18.5 Å². The normalized spacial score (nSPS) is 11.1. The van der Waals surface area contributed by atoms with Gasteiger partial charge in [0.2, 0.25) is 0 Å². The summed E-state index contributed by atoms with van der Waals surface area (Å²) in [6.07, 6.45) is 0.441. The number of nitrogens with zero attached hydrogens (tertiary/aromatic N) is 1. The van der Waals surface area contributed by atoms with Gasteiger partial charge in [-0.3, -0.25) is 0 Å². The Hall–Kier alpha value is -0.760. The zero-order valence-electron chi connectivity index (χ0n) is 7.79. The lowest BCUT2D eigenvalue weighted by Gasteiger charge is -2.06. The van der Waals surface area contributed by atoms with E-state index >= 15 is 0 Å². The summed E-state index contributed by atoms with van der Waals surface area (Å²) in [4.78, 5) is -0.140. The number of hydrogen-bond acceptors (Lipinski definition) is 3. The summed E-state index contributed by atoms with van der Waals surface area (Å²) in [5.41, 5.74) is 0.434. The van der Waals surface area contributed by atoms with Crippen molar-refractivity contribution >= 4 is 31.3 Å². The second-order valence-corrected chi connectivity index (χ2v) is 5.78. The third-order valence-electron chi connectivity index (χ3n) is 1.88. The maximum atomic E-state index is 11.3. The Bertz CT molecular complexity index is 532. The molecule has 0 heterocycles. The molecular weight excluding hydrogens is 257 g/mol. The van der Waals surface area contributed by atoms with Gasteiger partial charge in [-0.15, -0.1) is 0 Å². The lowest BCUT2D eigenvalue weighted by Crippen LogP contribution is -2.01. The largest absolute Gasteiger partial charge is 0.262 e. The molecule has 3 nitrogen and oxygen atoms in total. The quantitative estimate of drug-likeness (QED) is 0.771. The molecule has 1 aromatic carbocycles. The summed E-state index contributed by atoms with van der Waals surface area (Å²) in [6, 6.07) is 4.55. The molecule has 0 fully saturated rings. The van der Waals surface area contributed by atoms with Crippen LogP contribution in [-0.4, -0.2) is 8.42 Å². The SMILES string of the molecule is CCc1cc(Cl)cc(C#N)c1S(=O)(=O)Cl. The van der Waals surface area contributed by atoms with Crippen LogP contribution in [0.15, 0.2) is 17.0 Å². The fraction of sp³-hybridized carbons (Fsp3) is 0.222. The first-order valence-electron chi connectivity index (χ1n) is 4.07. The van der Waals surface area contributed by atoms with Crippen LogP contribution in [0.1, 0.15) is 18.1 Å². The van der Waals surface area contributed by atoms with E-state index in [1.54, 1.807) is 13.0 Å². The first-order valence-corrected chi connectivity index (χ1v) is 6.76. The van der Waals surface area contributed by atoms with Crippen molar-refractivity contribution in [2.24, 2.45) is 0 Å². The van der Waals surface area contributed by atoms with Crippen molar-refractivity contribution in [1.29, 1.82) is 5.26 Å². The molecule has 0 spiro atoms. The highest BCUT2D eigenvalue weighted by Crippen LogP contribution is 2.28. The highest BCUT2D eigenvalue weighted by Gasteiger charge is 2.20. The molecule has 0 aliphatic carbocycles. The van der Waals surface area contributed by atoms with E-state index in [4.69, 9.17) is 27.5 Å². The Morgan fingerprint density at radius 3 is 2.47 bits per heavy atom. The van der Waals surface area contributed by atoms with E-state index < -0.39 is 9.05 Å². The van der Waals surface area contributed by atoms with Crippen LogP contribution in [0.2, 0.25) is 5.02 Å². The highest BCUT2D eigenvalue weighted by atomic mass is 35.7. The summed E-state index contributed by atoms with van der Waals surface area (Å²) in [5.74, 6) is 0. The van der Waals surface area contributed by atoms with Crippen LogP contribution < -0.4 is 0 Å². The van der Waals surface area contributed by atoms with Gasteiger partial charge in [0.1, 0.15) is 11.0 Å². The van der Waals surface area contributed by atoms with Gasteiger partial charge in [0.15, 0.2) is 0 Å². The molecule has 0 aliphatic rings. The number of halogens is 2. The molecule has 1 aromatic rings. The van der Waals surface area contributed by atoms with Crippen molar-refractivity contribution in [3.63, 3.8) is 0 Å². The van der Waals surface area contributed by atoms with E-state index in [2.05, 4.69) is 0 Å². The minimum absolute atomic E-state index is 0.0191. The summed E-state index contributed by atoms with van der Waals surface area (Å²) in [5, 5.41) is 9.12. The molecule has 0 N–H and O–H groups in total. The number of nitriles is 1. The third-order valence-corrected chi connectivity index (χ3v) is 3.53. The van der Waals surface area contributed by atoms with E-state index in [1.807, 2.05) is 0 Å². The molecule has 0 aromatic heterocycles. The van der Waals surface area contributed by atoms with Crippen LogP contribution in [0.25, 0.3) is 0 Å². The molecule has 15 heavy (non-hydrogen) atoms. The van der Waals surface area contributed by atoms with Crippen molar-refractivity contribution in [1.82, 2.24) is 0 Å². The summed E-state index contributed by atoms with van der Waals surface area (Å²) in [6.45, 7) is 1.76. The van der Waals surface area contributed by atoms with Gasteiger partial charge >= 0.3 is 0 Å². The van der Waals surface area contributed by atoms with Gasteiger partial charge < -0.3 is 0 Å². The molecule has 6 heteroatoms. The molecule has 0 saturated heterocycles. The summed E-state index contributed by atoms with van der Waals surface area (Å²) >= 11 is 5.74. The van der Waals surface area contributed by atoms with Crippen LogP contribution in [0.5, 0.6) is 0 Å². The van der Waals surface area contributed by atoms with Crippen molar-refractivity contribution in [2.45, 2.75) is 18.2 Å². The first kappa shape index (κ1) is 12.3. The minimum atomic E-state index is -3.91. The zero-order valence-corrected chi connectivity index (χ0v) is 10.1. The van der Waals surface area contributed by atoms with Gasteiger partial charge in [-0.05, 0) is 24.1 Å². The van der Waals surface area contributed by atoms with Crippen molar-refractivity contribution < 1.29 is 8.42 Å². The van der Waals surface area contributed by atoms with Crippen LogP contribution in [0.3, 0.4) is 0 Å². The van der Waals surface area contributed by atoms with Crippen molar-refractivity contribution in [3.05, 3.63) is 28.3 Å². The third kappa shape index (κ3) is 2.63. The van der Waals surface area contributed by atoms with Gasteiger partial charge in [0.05, 0.1) is 5.56 Å². The fourth-order valence-electron chi connectivity index (χ4n) is 1.28. The molecule has 0 unspecified atom stereocenters. The molecule has 0 radical (unpaired) electrons. The monoisotopic (exact) mass is 263 g/mol. The molecule has 0 aliphatic heterocycles. The van der Waals surface area contributed by atoms with E-state index in [9.17, 15) is 8.42 Å². The number of aryl methyl sites for hydroxylation is 1. The van der Waals surface area contributed by atoms with Crippen LogP contribution >= 0.6 is 22.3 Å².